The summed E-state index contributed by atoms with van der Waals surface area (Å²) >= 11 is 0. The van der Waals surface area contributed by atoms with Crippen LogP contribution in [0.15, 0.2) is 61.2 Å². The highest BCUT2D eigenvalue weighted by molar-refractivity contribution is 5.85. The van der Waals surface area contributed by atoms with Crippen molar-refractivity contribution in [3.63, 3.8) is 0 Å². The summed E-state index contributed by atoms with van der Waals surface area (Å²) in [6.45, 7) is 4.01. The molecule has 0 saturated carbocycles. The van der Waals surface area contributed by atoms with E-state index in [2.05, 4.69) is 36.2 Å². The van der Waals surface area contributed by atoms with Crippen molar-refractivity contribution in [2.75, 3.05) is 32.8 Å². The number of carboxylic acids is 1. The van der Waals surface area contributed by atoms with Gasteiger partial charge in [0.05, 0.1) is 0 Å². The maximum Gasteiger partial charge on any atom is 0.407 e. The Morgan fingerprint density at radius 3 is 2.38 bits per heavy atom. The number of benzene rings is 2. The zero-order valence-electron chi connectivity index (χ0n) is 18.8. The van der Waals surface area contributed by atoms with Gasteiger partial charge in [-0.15, -0.1) is 6.58 Å². The number of carboxylic acid groups (broad SMARTS) is 1. The molecule has 1 fully saturated rings. The topological polar surface area (TPSA) is 105 Å². The molecule has 1 heterocycles. The van der Waals surface area contributed by atoms with Crippen LogP contribution in [0.3, 0.4) is 0 Å². The number of hydrogen-bond donors (Lipinski definition) is 2. The second kappa shape index (κ2) is 10.5. The predicted molar refractivity (Wildman–Crippen MR) is 125 cm³/mol. The smallest absolute Gasteiger partial charge is 0.407 e. The second-order valence-electron chi connectivity index (χ2n) is 8.45. The highest BCUT2D eigenvalue weighted by Crippen LogP contribution is 2.44. The minimum absolute atomic E-state index is 0.0363. The molecule has 178 valence electrons. The summed E-state index contributed by atoms with van der Waals surface area (Å²) in [6.07, 6.45) is 0.677. The van der Waals surface area contributed by atoms with Crippen molar-refractivity contribution in [1.82, 2.24) is 10.2 Å². The van der Waals surface area contributed by atoms with Crippen LogP contribution >= 0.6 is 0 Å². The first kappa shape index (κ1) is 23.5. The lowest BCUT2D eigenvalue weighted by molar-refractivity contribution is -0.149. The molecule has 0 aromatic heterocycles. The number of hydrogen-bond acceptors (Lipinski definition) is 5. The van der Waals surface area contributed by atoms with E-state index in [-0.39, 0.29) is 31.5 Å². The summed E-state index contributed by atoms with van der Waals surface area (Å²) < 4.78 is 11.1. The van der Waals surface area contributed by atoms with E-state index in [9.17, 15) is 14.4 Å². The van der Waals surface area contributed by atoms with E-state index in [4.69, 9.17) is 14.6 Å². The summed E-state index contributed by atoms with van der Waals surface area (Å²) in [5.41, 5.74) is 4.57. The third kappa shape index (κ3) is 4.97. The molecule has 0 radical (unpaired) electrons. The van der Waals surface area contributed by atoms with Gasteiger partial charge < -0.3 is 24.8 Å². The zero-order chi connectivity index (χ0) is 24.1. The molecule has 2 atom stereocenters. The monoisotopic (exact) mass is 464 g/mol. The minimum Gasteiger partial charge on any atom is -0.480 e. The van der Waals surface area contributed by atoms with Gasteiger partial charge in [-0.05, 0) is 28.7 Å². The van der Waals surface area contributed by atoms with Gasteiger partial charge in [-0.2, -0.15) is 0 Å². The molecule has 2 amide bonds. The van der Waals surface area contributed by atoms with Crippen molar-refractivity contribution in [1.29, 1.82) is 0 Å². The fourth-order valence-corrected chi connectivity index (χ4v) is 4.71. The molecule has 4 rings (SSSR count). The number of aliphatic carboxylic acids is 1. The van der Waals surface area contributed by atoms with Gasteiger partial charge >= 0.3 is 12.1 Å². The maximum atomic E-state index is 12.8. The molecule has 1 aliphatic carbocycles. The molecular formula is C26H28N2O6. The highest BCUT2D eigenvalue weighted by Gasteiger charge is 2.37. The fourth-order valence-electron chi connectivity index (χ4n) is 4.71. The Bertz CT molecular complexity index is 1040. The van der Waals surface area contributed by atoms with Gasteiger partial charge in [-0.3, -0.25) is 9.59 Å². The first-order chi connectivity index (χ1) is 16.5. The van der Waals surface area contributed by atoms with Gasteiger partial charge in [0.25, 0.3) is 5.91 Å². The van der Waals surface area contributed by atoms with Crippen molar-refractivity contribution < 1.29 is 29.0 Å². The molecule has 2 aliphatic rings. The van der Waals surface area contributed by atoms with Gasteiger partial charge in [-0.25, -0.2) is 4.79 Å². The lowest BCUT2D eigenvalue weighted by Gasteiger charge is -2.25. The molecule has 0 spiro atoms. The number of carbonyl (C=O) groups excluding carboxylic acids is 2. The van der Waals surface area contributed by atoms with Crippen LogP contribution in [-0.4, -0.2) is 66.9 Å². The lowest BCUT2D eigenvalue weighted by atomic mass is 9.98. The molecule has 8 heteroatoms. The van der Waals surface area contributed by atoms with E-state index >= 15 is 0 Å². The second-order valence-corrected chi connectivity index (χ2v) is 8.45. The molecule has 1 aliphatic heterocycles. The third-order valence-corrected chi connectivity index (χ3v) is 6.30. The Morgan fingerprint density at radius 1 is 1.12 bits per heavy atom. The lowest BCUT2D eigenvalue weighted by Crippen LogP contribution is -2.46. The Balaban J connectivity index is 1.33. The van der Waals surface area contributed by atoms with E-state index in [0.717, 1.165) is 22.3 Å². The Morgan fingerprint density at radius 2 is 1.76 bits per heavy atom. The van der Waals surface area contributed by atoms with Crippen molar-refractivity contribution in [2.45, 2.75) is 18.4 Å². The Hall–Kier alpha value is -3.65. The summed E-state index contributed by atoms with van der Waals surface area (Å²) in [6, 6.07) is 16.2. The molecule has 8 nitrogen and oxygen atoms in total. The van der Waals surface area contributed by atoms with E-state index in [1.54, 1.807) is 0 Å². The maximum absolute atomic E-state index is 12.8. The molecular weight excluding hydrogens is 436 g/mol. The van der Waals surface area contributed by atoms with Crippen molar-refractivity contribution in [3.8, 4) is 11.1 Å². The number of fused-ring (bicyclic) bond motifs is 3. The minimum atomic E-state index is -1.11. The van der Waals surface area contributed by atoms with Crippen LogP contribution in [0.2, 0.25) is 0 Å². The van der Waals surface area contributed by atoms with Gasteiger partial charge in [0, 0.05) is 31.5 Å². The van der Waals surface area contributed by atoms with Gasteiger partial charge in [0.2, 0.25) is 0 Å². The van der Waals surface area contributed by atoms with Crippen LogP contribution in [0.4, 0.5) is 4.79 Å². The van der Waals surface area contributed by atoms with E-state index in [1.165, 1.54) is 11.0 Å². The number of rotatable bonds is 9. The molecule has 2 aromatic carbocycles. The number of carbonyl (C=O) groups is 3. The van der Waals surface area contributed by atoms with Crippen LogP contribution < -0.4 is 5.32 Å². The predicted octanol–water partition coefficient (Wildman–Crippen LogP) is 3.03. The average Bonchev–Trinajstić information content (AvgIpc) is 3.43. The first-order valence-corrected chi connectivity index (χ1v) is 11.3. The largest absolute Gasteiger partial charge is 0.480 e. The molecule has 2 N–H and O–H groups in total. The Kier molecular flexibility index (Phi) is 7.27. The first-order valence-electron chi connectivity index (χ1n) is 11.3. The number of amides is 2. The quantitative estimate of drug-likeness (QED) is 0.553. The zero-order valence-corrected chi connectivity index (χ0v) is 18.8. The van der Waals surface area contributed by atoms with E-state index in [0.29, 0.717) is 13.0 Å². The van der Waals surface area contributed by atoms with Crippen LogP contribution in [0.1, 0.15) is 23.5 Å². The molecule has 2 aromatic rings. The van der Waals surface area contributed by atoms with Crippen LogP contribution in [0.5, 0.6) is 0 Å². The number of nitrogens with zero attached hydrogens (tertiary/aromatic N) is 1. The summed E-state index contributed by atoms with van der Waals surface area (Å²) in [5.74, 6) is -1.83. The average molecular weight is 465 g/mol. The normalized spacial score (nSPS) is 18.6. The third-order valence-electron chi connectivity index (χ3n) is 6.30. The van der Waals surface area contributed by atoms with Crippen LogP contribution in [-0.2, 0) is 19.1 Å². The number of alkyl carbamates (subject to hydrolysis) is 1. The number of nitrogens with one attached hydrogen (secondary N) is 1. The SMILES string of the molecule is C=CCN(CC(=O)O)C(=O)[C@H]1OCC[C@H]1CNC(=O)OCC1c2ccccc2-c2ccccc21. The molecule has 1 saturated heterocycles. The van der Waals surface area contributed by atoms with Gasteiger partial charge in [0.15, 0.2) is 0 Å². The molecule has 0 bridgehead atoms. The van der Waals surface area contributed by atoms with Crippen LogP contribution in [0.25, 0.3) is 11.1 Å². The molecule has 34 heavy (non-hydrogen) atoms. The fraction of sp³-hybridized carbons (Fsp3) is 0.346. The summed E-state index contributed by atoms with van der Waals surface area (Å²) in [7, 11) is 0. The van der Waals surface area contributed by atoms with Crippen LogP contribution in [0, 0.1) is 5.92 Å². The van der Waals surface area contributed by atoms with Gasteiger partial charge in [-0.1, -0.05) is 54.6 Å². The standard InChI is InChI=1S/C26H28N2O6/c1-2-12-28(15-23(29)30)25(31)24-17(11-13-33-24)14-27-26(32)34-16-22-20-9-5-3-7-18(20)19-8-4-6-10-21(19)22/h2-10,17,22,24H,1,11-16H2,(H,27,32)(H,29,30)/t17-,24-/m0/s1. The number of ether oxygens (including phenoxy) is 2. The highest BCUT2D eigenvalue weighted by atomic mass is 16.5. The summed E-state index contributed by atoms with van der Waals surface area (Å²) in [5, 5.41) is 11.8. The van der Waals surface area contributed by atoms with Gasteiger partial charge in [0.1, 0.15) is 19.3 Å². The summed E-state index contributed by atoms with van der Waals surface area (Å²) in [4.78, 5) is 37.6. The van der Waals surface area contributed by atoms with E-state index in [1.807, 2.05) is 24.3 Å². The van der Waals surface area contributed by atoms with Crippen molar-refractivity contribution in [2.24, 2.45) is 5.92 Å². The van der Waals surface area contributed by atoms with Crippen molar-refractivity contribution >= 4 is 18.0 Å². The Labute approximate surface area is 198 Å². The molecule has 0 unspecified atom stereocenters. The van der Waals surface area contributed by atoms with Crippen molar-refractivity contribution in [3.05, 3.63) is 72.3 Å². The van der Waals surface area contributed by atoms with E-state index < -0.39 is 30.6 Å².